The molecule has 0 aliphatic carbocycles. The number of ether oxygens (including phenoxy) is 1. The Labute approximate surface area is 120 Å². The molecule has 0 spiro atoms. The lowest BCUT2D eigenvalue weighted by Gasteiger charge is -2.25. The number of nitrogens with zero attached hydrogens (tertiary/aromatic N) is 1. The van der Waals surface area contributed by atoms with E-state index in [0.717, 1.165) is 12.0 Å². The first-order valence-electron chi connectivity index (χ1n) is 6.22. The van der Waals surface area contributed by atoms with Crippen molar-refractivity contribution in [2.24, 2.45) is 0 Å². The zero-order chi connectivity index (χ0) is 13.8. The number of halogens is 1. The summed E-state index contributed by atoms with van der Waals surface area (Å²) in [7, 11) is 1.35. The Bertz CT molecular complexity index is 463. The molecule has 1 aliphatic rings. The predicted octanol–water partition coefficient (Wildman–Crippen LogP) is 2.29. The predicted molar refractivity (Wildman–Crippen MR) is 74.9 cm³/mol. The fourth-order valence-electron chi connectivity index (χ4n) is 2.32. The summed E-state index contributed by atoms with van der Waals surface area (Å²) in [5.41, 5.74) is 0.892. The largest absolute Gasteiger partial charge is 0.467 e. The van der Waals surface area contributed by atoms with Gasteiger partial charge in [-0.1, -0.05) is 46.3 Å². The second kappa shape index (κ2) is 6.19. The molecule has 0 radical (unpaired) electrons. The van der Waals surface area contributed by atoms with E-state index in [1.807, 2.05) is 30.3 Å². The fourth-order valence-corrected chi connectivity index (χ4v) is 2.89. The van der Waals surface area contributed by atoms with Gasteiger partial charge < -0.3 is 9.64 Å². The highest BCUT2D eigenvalue weighted by atomic mass is 79.9. The van der Waals surface area contributed by atoms with Gasteiger partial charge in [0.15, 0.2) is 0 Å². The number of rotatable bonds is 3. The van der Waals surface area contributed by atoms with Crippen molar-refractivity contribution in [2.75, 3.05) is 13.7 Å². The number of carbonyl (C=O) groups excluding carboxylic acids is 2. The van der Waals surface area contributed by atoms with Crippen molar-refractivity contribution in [2.45, 2.75) is 23.7 Å². The molecule has 1 fully saturated rings. The van der Waals surface area contributed by atoms with Gasteiger partial charge in [-0.25, -0.2) is 4.79 Å². The molecular formula is C14H16BrNO3. The third-order valence-corrected chi connectivity index (χ3v) is 4.24. The van der Waals surface area contributed by atoms with Crippen LogP contribution in [-0.2, 0) is 14.3 Å². The fraction of sp³-hybridized carbons (Fsp3) is 0.429. The molecule has 0 bridgehead atoms. The van der Waals surface area contributed by atoms with E-state index in [-0.39, 0.29) is 11.9 Å². The monoisotopic (exact) mass is 325 g/mol. The van der Waals surface area contributed by atoms with Crippen LogP contribution in [0.3, 0.4) is 0 Å². The van der Waals surface area contributed by atoms with Gasteiger partial charge in [0.05, 0.1) is 7.11 Å². The molecule has 19 heavy (non-hydrogen) atoms. The number of esters is 1. The lowest BCUT2D eigenvalue weighted by atomic mass is 10.1. The van der Waals surface area contributed by atoms with Gasteiger partial charge in [-0.15, -0.1) is 0 Å². The van der Waals surface area contributed by atoms with E-state index >= 15 is 0 Å². The van der Waals surface area contributed by atoms with Crippen LogP contribution in [-0.4, -0.2) is 36.5 Å². The van der Waals surface area contributed by atoms with Crippen molar-refractivity contribution >= 4 is 27.8 Å². The third-order valence-electron chi connectivity index (χ3n) is 3.32. The summed E-state index contributed by atoms with van der Waals surface area (Å²) in [5, 5.41) is 0. The van der Waals surface area contributed by atoms with Gasteiger partial charge in [-0.3, -0.25) is 4.79 Å². The summed E-state index contributed by atoms with van der Waals surface area (Å²) in [6.45, 7) is 0.605. The molecule has 1 aromatic carbocycles. The second-order valence-corrected chi connectivity index (χ2v) is 5.40. The molecule has 1 amide bonds. The summed E-state index contributed by atoms with van der Waals surface area (Å²) in [5.74, 6) is -0.419. The summed E-state index contributed by atoms with van der Waals surface area (Å²) in [6.07, 6.45) is 1.51. The molecule has 0 unspecified atom stereocenters. The first kappa shape index (κ1) is 14.1. The van der Waals surface area contributed by atoms with Crippen LogP contribution < -0.4 is 0 Å². The average molecular weight is 326 g/mol. The van der Waals surface area contributed by atoms with Gasteiger partial charge in [-0.05, 0) is 18.4 Å². The van der Waals surface area contributed by atoms with Crippen LogP contribution in [0, 0.1) is 0 Å². The Morgan fingerprint density at radius 2 is 2.05 bits per heavy atom. The molecule has 2 atom stereocenters. The van der Waals surface area contributed by atoms with Crippen molar-refractivity contribution < 1.29 is 14.3 Å². The smallest absolute Gasteiger partial charge is 0.328 e. The molecule has 2 rings (SSSR count). The first-order valence-corrected chi connectivity index (χ1v) is 7.14. The molecule has 0 aromatic heterocycles. The minimum atomic E-state index is -0.443. The molecule has 4 nitrogen and oxygen atoms in total. The lowest BCUT2D eigenvalue weighted by molar-refractivity contribution is -0.150. The van der Waals surface area contributed by atoms with E-state index in [2.05, 4.69) is 15.9 Å². The number of amides is 1. The summed E-state index contributed by atoms with van der Waals surface area (Å²) in [6, 6.07) is 9.01. The Morgan fingerprint density at radius 1 is 1.37 bits per heavy atom. The second-order valence-electron chi connectivity index (χ2n) is 4.49. The van der Waals surface area contributed by atoms with Crippen LogP contribution in [0.2, 0.25) is 0 Å². The van der Waals surface area contributed by atoms with Crippen LogP contribution >= 0.6 is 15.9 Å². The van der Waals surface area contributed by atoms with Gasteiger partial charge >= 0.3 is 5.97 Å². The Morgan fingerprint density at radius 3 is 2.68 bits per heavy atom. The quantitative estimate of drug-likeness (QED) is 0.632. The van der Waals surface area contributed by atoms with Crippen molar-refractivity contribution in [3.63, 3.8) is 0 Å². The van der Waals surface area contributed by atoms with Crippen LogP contribution in [0.4, 0.5) is 0 Å². The van der Waals surface area contributed by atoms with Crippen molar-refractivity contribution in [1.29, 1.82) is 0 Å². The lowest BCUT2D eigenvalue weighted by Crippen LogP contribution is -2.42. The minimum Gasteiger partial charge on any atom is -0.467 e. The van der Waals surface area contributed by atoms with Gasteiger partial charge in [0, 0.05) is 6.54 Å². The van der Waals surface area contributed by atoms with Gasteiger partial charge in [-0.2, -0.15) is 0 Å². The highest BCUT2D eigenvalue weighted by Crippen LogP contribution is 2.29. The van der Waals surface area contributed by atoms with Crippen molar-refractivity contribution in [3.8, 4) is 0 Å². The minimum absolute atomic E-state index is 0.0842. The molecule has 102 valence electrons. The van der Waals surface area contributed by atoms with E-state index in [4.69, 9.17) is 4.74 Å². The number of benzene rings is 1. The van der Waals surface area contributed by atoms with E-state index in [1.165, 1.54) is 7.11 Å². The van der Waals surface area contributed by atoms with E-state index < -0.39 is 10.9 Å². The van der Waals surface area contributed by atoms with Gasteiger partial charge in [0.25, 0.3) is 0 Å². The first-order chi connectivity index (χ1) is 9.15. The average Bonchev–Trinajstić information content (AvgIpc) is 2.95. The van der Waals surface area contributed by atoms with Crippen molar-refractivity contribution in [3.05, 3.63) is 35.9 Å². The highest BCUT2D eigenvalue weighted by Gasteiger charge is 2.37. The normalized spacial score (nSPS) is 20.1. The van der Waals surface area contributed by atoms with Crippen LogP contribution in [0.1, 0.15) is 23.2 Å². The van der Waals surface area contributed by atoms with Crippen LogP contribution in [0.5, 0.6) is 0 Å². The summed E-state index contributed by atoms with van der Waals surface area (Å²) >= 11 is 3.42. The van der Waals surface area contributed by atoms with Crippen LogP contribution in [0.25, 0.3) is 0 Å². The molecule has 1 aromatic rings. The number of likely N-dealkylation sites (tertiary alicyclic amines) is 1. The molecular weight excluding hydrogens is 310 g/mol. The number of hydrogen-bond acceptors (Lipinski definition) is 3. The molecule has 5 heteroatoms. The number of methoxy groups -OCH3 is 1. The number of carbonyl (C=O) groups is 2. The van der Waals surface area contributed by atoms with Gasteiger partial charge in [0.1, 0.15) is 10.9 Å². The molecule has 1 heterocycles. The highest BCUT2D eigenvalue weighted by molar-refractivity contribution is 9.09. The number of alkyl halides is 1. The number of hydrogen-bond donors (Lipinski definition) is 0. The molecule has 0 N–H and O–H groups in total. The molecule has 1 saturated heterocycles. The molecule has 0 saturated carbocycles. The Balaban J connectivity index is 2.13. The molecule has 1 aliphatic heterocycles. The Kier molecular flexibility index (Phi) is 4.58. The zero-order valence-electron chi connectivity index (χ0n) is 10.7. The zero-order valence-corrected chi connectivity index (χ0v) is 12.3. The summed E-state index contributed by atoms with van der Waals surface area (Å²) in [4.78, 5) is 25.3. The Hall–Kier alpha value is -1.36. The van der Waals surface area contributed by atoms with Gasteiger partial charge in [0.2, 0.25) is 5.91 Å². The maximum absolute atomic E-state index is 12.4. The van der Waals surface area contributed by atoms with E-state index in [9.17, 15) is 9.59 Å². The topological polar surface area (TPSA) is 46.6 Å². The SMILES string of the molecule is COC(=O)[C@@H]1CCCN1C(=O)[C@H](Br)c1ccccc1. The van der Waals surface area contributed by atoms with Crippen LogP contribution in [0.15, 0.2) is 30.3 Å². The third kappa shape index (κ3) is 2.97. The standard InChI is InChI=1S/C14H16BrNO3/c1-19-14(18)11-8-5-9-16(11)13(17)12(15)10-6-3-2-4-7-10/h2-4,6-7,11-12H,5,8-9H2,1H3/t11-,12+/m0/s1. The summed E-state index contributed by atoms with van der Waals surface area (Å²) < 4.78 is 4.75. The maximum Gasteiger partial charge on any atom is 0.328 e. The maximum atomic E-state index is 12.4. The van der Waals surface area contributed by atoms with Crippen molar-refractivity contribution in [1.82, 2.24) is 4.90 Å². The van der Waals surface area contributed by atoms with E-state index in [1.54, 1.807) is 4.90 Å². The van der Waals surface area contributed by atoms with E-state index in [0.29, 0.717) is 13.0 Å².